The normalized spacial score (nSPS) is 13.2. The van der Waals surface area contributed by atoms with E-state index >= 15 is 0 Å². The lowest BCUT2D eigenvalue weighted by Gasteiger charge is -2.14. The van der Waals surface area contributed by atoms with Gasteiger partial charge in [-0.25, -0.2) is 0 Å². The quantitative estimate of drug-likeness (QED) is 0.864. The molecular formula is C7H7BrClF3N2. The maximum atomic E-state index is 12.1. The highest BCUT2D eigenvalue weighted by molar-refractivity contribution is 9.10. The number of halogens is 5. The zero-order chi connectivity index (χ0) is 10.1. The smallest absolute Gasteiger partial charge is 0.315 e. The topological polar surface area (TPSA) is 38.9 Å². The summed E-state index contributed by atoms with van der Waals surface area (Å²) in [5.41, 5.74) is 4.74. The summed E-state index contributed by atoms with van der Waals surface area (Å²) in [6.45, 7) is 0. The van der Waals surface area contributed by atoms with Crippen LogP contribution in [0.25, 0.3) is 0 Å². The Labute approximate surface area is 93.2 Å². The van der Waals surface area contributed by atoms with E-state index in [1.54, 1.807) is 0 Å². The van der Waals surface area contributed by atoms with Crippen LogP contribution in [-0.4, -0.2) is 11.2 Å². The molecule has 1 aromatic heterocycles. The maximum Gasteiger partial charge on any atom is 0.409 e. The average Bonchev–Trinajstić information content (AvgIpc) is 2.01. The Morgan fingerprint density at radius 2 is 2.00 bits per heavy atom. The van der Waals surface area contributed by atoms with Gasteiger partial charge in [-0.1, -0.05) is 15.9 Å². The molecule has 0 aliphatic rings. The fourth-order valence-electron chi connectivity index (χ4n) is 0.759. The van der Waals surface area contributed by atoms with Crippen LogP contribution >= 0.6 is 28.3 Å². The number of hydrogen-bond acceptors (Lipinski definition) is 2. The van der Waals surface area contributed by atoms with Crippen LogP contribution in [0.15, 0.2) is 22.8 Å². The molecule has 7 heteroatoms. The lowest BCUT2D eigenvalue weighted by Crippen LogP contribution is -2.29. The first-order valence-corrected chi connectivity index (χ1v) is 4.14. The van der Waals surface area contributed by atoms with Gasteiger partial charge in [0, 0.05) is 10.7 Å². The van der Waals surface area contributed by atoms with E-state index in [2.05, 4.69) is 20.9 Å². The second kappa shape index (κ2) is 4.95. The number of rotatable bonds is 1. The van der Waals surface area contributed by atoms with E-state index in [0.717, 1.165) is 0 Å². The summed E-state index contributed by atoms with van der Waals surface area (Å²) in [6, 6.07) is 0.759. The molecule has 0 aliphatic carbocycles. The van der Waals surface area contributed by atoms with Crippen LogP contribution in [0.3, 0.4) is 0 Å². The minimum Gasteiger partial charge on any atom is -0.315 e. The standard InChI is InChI=1S/C7H6BrF3N2.ClH/c8-4-1-2-13-5(3-4)6(12)7(9,10)11;/h1-3,6H,12H2;1H/t6-;/m0./s1. The number of pyridine rings is 1. The zero-order valence-corrected chi connectivity index (χ0v) is 9.16. The molecule has 2 nitrogen and oxygen atoms in total. The minimum absolute atomic E-state index is 0. The van der Waals surface area contributed by atoms with Gasteiger partial charge in [-0.15, -0.1) is 12.4 Å². The molecule has 0 fully saturated rings. The van der Waals surface area contributed by atoms with Crippen molar-refractivity contribution in [1.29, 1.82) is 0 Å². The molecule has 1 atom stereocenters. The summed E-state index contributed by atoms with van der Waals surface area (Å²) in [6.07, 6.45) is -3.18. The molecule has 0 saturated heterocycles. The van der Waals surface area contributed by atoms with E-state index in [1.165, 1.54) is 18.3 Å². The summed E-state index contributed by atoms with van der Waals surface area (Å²) in [7, 11) is 0. The molecule has 80 valence electrons. The van der Waals surface area contributed by atoms with E-state index < -0.39 is 12.2 Å². The van der Waals surface area contributed by atoms with Gasteiger partial charge >= 0.3 is 6.18 Å². The van der Waals surface area contributed by atoms with Crippen molar-refractivity contribution < 1.29 is 13.2 Å². The second-order valence-corrected chi connectivity index (χ2v) is 3.33. The van der Waals surface area contributed by atoms with Gasteiger partial charge in [-0.2, -0.15) is 13.2 Å². The molecule has 0 bridgehead atoms. The number of nitrogens with zero attached hydrogens (tertiary/aromatic N) is 1. The van der Waals surface area contributed by atoms with Crippen LogP contribution in [0.1, 0.15) is 11.7 Å². The van der Waals surface area contributed by atoms with Crippen LogP contribution in [0.2, 0.25) is 0 Å². The van der Waals surface area contributed by atoms with Crippen LogP contribution in [0.5, 0.6) is 0 Å². The highest BCUT2D eigenvalue weighted by atomic mass is 79.9. The summed E-state index contributed by atoms with van der Waals surface area (Å²) >= 11 is 3.03. The lowest BCUT2D eigenvalue weighted by atomic mass is 10.2. The molecule has 1 aromatic rings. The maximum absolute atomic E-state index is 12.1. The van der Waals surface area contributed by atoms with E-state index in [1.807, 2.05) is 0 Å². The van der Waals surface area contributed by atoms with Crippen LogP contribution in [0, 0.1) is 0 Å². The van der Waals surface area contributed by atoms with Gasteiger partial charge in [-0.05, 0) is 12.1 Å². The number of nitrogens with two attached hydrogens (primary N) is 1. The molecule has 0 radical (unpaired) electrons. The summed E-state index contributed by atoms with van der Waals surface area (Å²) in [5, 5.41) is 0. The van der Waals surface area contributed by atoms with Gasteiger partial charge in [-0.3, -0.25) is 4.98 Å². The van der Waals surface area contributed by atoms with Crippen molar-refractivity contribution >= 4 is 28.3 Å². The first-order chi connectivity index (χ1) is 5.91. The molecule has 14 heavy (non-hydrogen) atoms. The Balaban J connectivity index is 0.00000169. The molecule has 0 spiro atoms. The van der Waals surface area contributed by atoms with Crippen molar-refractivity contribution in [3.63, 3.8) is 0 Å². The Hall–Kier alpha value is -0.330. The molecule has 2 N–H and O–H groups in total. The molecule has 0 amide bonds. The number of hydrogen-bond donors (Lipinski definition) is 1. The summed E-state index contributed by atoms with van der Waals surface area (Å²) in [5.74, 6) is 0. The van der Waals surface area contributed by atoms with Crippen LogP contribution in [-0.2, 0) is 0 Å². The first kappa shape index (κ1) is 13.7. The Bertz CT molecular complexity index is 305. The molecule has 0 aromatic carbocycles. The highest BCUT2D eigenvalue weighted by Crippen LogP contribution is 2.29. The number of aromatic nitrogens is 1. The minimum atomic E-state index is -4.45. The van der Waals surface area contributed by atoms with Crippen molar-refractivity contribution in [1.82, 2.24) is 4.98 Å². The van der Waals surface area contributed by atoms with Crippen LogP contribution < -0.4 is 5.73 Å². The van der Waals surface area contributed by atoms with Crippen molar-refractivity contribution in [2.45, 2.75) is 12.2 Å². The van der Waals surface area contributed by atoms with Gasteiger partial charge in [0.2, 0.25) is 0 Å². The van der Waals surface area contributed by atoms with Gasteiger partial charge in [0.15, 0.2) is 0 Å². The third-order valence-electron chi connectivity index (χ3n) is 1.41. The van der Waals surface area contributed by atoms with E-state index in [9.17, 15) is 13.2 Å². The first-order valence-electron chi connectivity index (χ1n) is 3.35. The largest absolute Gasteiger partial charge is 0.409 e. The predicted octanol–water partition coefficient (Wildman–Crippen LogP) is 2.83. The molecule has 0 saturated carbocycles. The molecular weight excluding hydrogens is 284 g/mol. The van der Waals surface area contributed by atoms with Gasteiger partial charge in [0.1, 0.15) is 6.04 Å². The fourth-order valence-corrected chi connectivity index (χ4v) is 1.11. The predicted molar refractivity (Wildman–Crippen MR) is 52.2 cm³/mol. The summed E-state index contributed by atoms with van der Waals surface area (Å²) in [4.78, 5) is 3.53. The van der Waals surface area contributed by atoms with Gasteiger partial charge < -0.3 is 5.73 Å². The average molecular weight is 291 g/mol. The Morgan fingerprint density at radius 1 is 1.43 bits per heavy atom. The van der Waals surface area contributed by atoms with E-state index in [0.29, 0.717) is 4.47 Å². The number of alkyl halides is 3. The zero-order valence-electron chi connectivity index (χ0n) is 6.75. The molecule has 0 aliphatic heterocycles. The fraction of sp³-hybridized carbons (Fsp3) is 0.286. The molecule has 1 heterocycles. The second-order valence-electron chi connectivity index (χ2n) is 2.42. The Morgan fingerprint density at radius 3 is 2.43 bits per heavy atom. The van der Waals surface area contributed by atoms with Gasteiger partial charge in [0.05, 0.1) is 5.69 Å². The molecule has 0 unspecified atom stereocenters. The monoisotopic (exact) mass is 290 g/mol. The van der Waals surface area contributed by atoms with E-state index in [-0.39, 0.29) is 18.1 Å². The highest BCUT2D eigenvalue weighted by Gasteiger charge is 2.38. The Kier molecular flexibility index (Phi) is 4.83. The lowest BCUT2D eigenvalue weighted by molar-refractivity contribution is -0.150. The van der Waals surface area contributed by atoms with Crippen molar-refractivity contribution in [3.8, 4) is 0 Å². The molecule has 1 rings (SSSR count). The summed E-state index contributed by atoms with van der Waals surface area (Å²) < 4.78 is 36.8. The third kappa shape index (κ3) is 3.43. The SMILES string of the molecule is Cl.N[C@@H](c1cc(Br)ccn1)C(F)(F)F. The van der Waals surface area contributed by atoms with Crippen molar-refractivity contribution in [3.05, 3.63) is 28.5 Å². The van der Waals surface area contributed by atoms with Crippen LogP contribution in [0.4, 0.5) is 13.2 Å². The van der Waals surface area contributed by atoms with Crippen molar-refractivity contribution in [2.24, 2.45) is 5.73 Å². The van der Waals surface area contributed by atoms with E-state index in [4.69, 9.17) is 5.73 Å². The van der Waals surface area contributed by atoms with Gasteiger partial charge in [0.25, 0.3) is 0 Å². The third-order valence-corrected chi connectivity index (χ3v) is 1.91. The van der Waals surface area contributed by atoms with Crippen molar-refractivity contribution in [2.75, 3.05) is 0 Å².